The van der Waals surface area contributed by atoms with Crippen molar-refractivity contribution in [1.29, 1.82) is 0 Å². The summed E-state index contributed by atoms with van der Waals surface area (Å²) in [7, 11) is -1.09. The van der Waals surface area contributed by atoms with Gasteiger partial charge in [-0.05, 0) is 39.8 Å². The predicted molar refractivity (Wildman–Crippen MR) is 61.1 cm³/mol. The summed E-state index contributed by atoms with van der Waals surface area (Å²) in [5, 5.41) is 0. The maximum atomic E-state index is 7.92. The van der Waals surface area contributed by atoms with Gasteiger partial charge < -0.3 is 13.9 Å². The standard InChI is InChI=1S/C11H18BNO2/c1-10(2)11(3,4)15-12(14-10)9-7-6-8-13(9)5/h6-8H,1-5H3/i5D3,6D,7D,8D. The van der Waals surface area contributed by atoms with Crippen LogP contribution in [0.3, 0.4) is 0 Å². The summed E-state index contributed by atoms with van der Waals surface area (Å²) in [5.41, 5.74) is -1.50. The quantitative estimate of drug-likeness (QED) is 0.657. The lowest BCUT2D eigenvalue weighted by Crippen LogP contribution is -2.41. The van der Waals surface area contributed by atoms with Gasteiger partial charge in [0.2, 0.25) is 0 Å². The van der Waals surface area contributed by atoms with Crippen molar-refractivity contribution in [2.75, 3.05) is 0 Å². The van der Waals surface area contributed by atoms with Gasteiger partial charge in [-0.1, -0.05) is 0 Å². The Morgan fingerprint density at radius 3 is 2.47 bits per heavy atom. The summed E-state index contributed by atoms with van der Waals surface area (Å²) in [6, 6.07) is -0.800. The van der Waals surface area contributed by atoms with Crippen LogP contribution in [-0.2, 0) is 16.3 Å². The lowest BCUT2D eigenvalue weighted by atomic mass is 9.85. The molecule has 0 spiro atoms. The van der Waals surface area contributed by atoms with Crippen molar-refractivity contribution in [3.8, 4) is 0 Å². The summed E-state index contributed by atoms with van der Waals surface area (Å²) >= 11 is 0. The van der Waals surface area contributed by atoms with Gasteiger partial charge in [0.15, 0.2) is 0 Å². The minimum absolute atomic E-state index is 0.108. The van der Waals surface area contributed by atoms with Crippen LogP contribution in [0.4, 0.5) is 0 Å². The zero-order chi connectivity index (χ0) is 16.4. The zero-order valence-corrected chi connectivity index (χ0v) is 9.34. The fourth-order valence-corrected chi connectivity index (χ4v) is 1.38. The van der Waals surface area contributed by atoms with E-state index >= 15 is 0 Å². The SMILES string of the molecule is [2H]c1c([2H])c(B2OC(C)(C)C(C)(C)O2)n(C([2H])([2H])[2H])c1[2H]. The predicted octanol–water partition coefficient (Wildman–Crippen LogP) is 1.32. The van der Waals surface area contributed by atoms with Gasteiger partial charge in [0.1, 0.15) is 0 Å². The monoisotopic (exact) mass is 213 g/mol. The number of rotatable bonds is 1. The fraction of sp³-hybridized carbons (Fsp3) is 0.636. The topological polar surface area (TPSA) is 23.4 Å². The first-order chi connectivity index (χ1) is 9.29. The molecule has 3 nitrogen and oxygen atoms in total. The highest BCUT2D eigenvalue weighted by Gasteiger charge is 2.52. The molecule has 2 heterocycles. The highest BCUT2D eigenvalue weighted by atomic mass is 16.7. The van der Waals surface area contributed by atoms with E-state index < -0.39 is 37.5 Å². The maximum Gasteiger partial charge on any atom is 0.512 e. The second-order valence-corrected chi connectivity index (χ2v) is 4.67. The van der Waals surface area contributed by atoms with Crippen molar-refractivity contribution < 1.29 is 17.5 Å². The molecule has 2 rings (SSSR count). The molecule has 0 bridgehead atoms. The first kappa shape index (κ1) is 5.55. The molecular weight excluding hydrogens is 189 g/mol. The normalized spacial score (nSPS) is 30.0. The third-order valence-electron chi connectivity index (χ3n) is 3.08. The molecule has 0 saturated carbocycles. The summed E-state index contributed by atoms with van der Waals surface area (Å²) < 4.78 is 58.1. The smallest absolute Gasteiger partial charge is 0.398 e. The molecule has 1 aromatic heterocycles. The first-order valence-corrected chi connectivity index (χ1v) is 4.84. The van der Waals surface area contributed by atoms with Crippen LogP contribution in [0.2, 0.25) is 0 Å². The summed E-state index contributed by atoms with van der Waals surface area (Å²) in [4.78, 5) is 0. The Balaban J connectivity index is 2.59. The van der Waals surface area contributed by atoms with Crippen LogP contribution in [0.15, 0.2) is 18.3 Å². The molecule has 4 heteroatoms. The van der Waals surface area contributed by atoms with Gasteiger partial charge in [0.25, 0.3) is 0 Å². The second kappa shape index (κ2) is 3.13. The van der Waals surface area contributed by atoms with Gasteiger partial charge >= 0.3 is 7.12 Å². The Hall–Kier alpha value is -0.735. The molecule has 0 unspecified atom stereocenters. The minimum atomic E-state index is -2.68. The van der Waals surface area contributed by atoms with E-state index in [9.17, 15) is 0 Å². The first-order valence-electron chi connectivity index (χ1n) is 7.84. The number of hydrogen-bond acceptors (Lipinski definition) is 2. The molecule has 1 fully saturated rings. The van der Waals surface area contributed by atoms with Crippen molar-refractivity contribution >= 4 is 12.7 Å². The van der Waals surface area contributed by atoms with Crippen LogP contribution in [0.5, 0.6) is 0 Å². The third kappa shape index (κ3) is 1.62. The van der Waals surface area contributed by atoms with Gasteiger partial charge in [0, 0.05) is 22.9 Å². The van der Waals surface area contributed by atoms with Crippen LogP contribution in [0.25, 0.3) is 0 Å². The van der Waals surface area contributed by atoms with E-state index in [2.05, 4.69) is 0 Å². The fourth-order valence-electron chi connectivity index (χ4n) is 1.38. The van der Waals surface area contributed by atoms with E-state index in [-0.39, 0.29) is 11.6 Å². The Kier molecular flexibility index (Phi) is 1.16. The molecule has 82 valence electrons. The molecular formula is C11H18BNO2. The highest BCUT2D eigenvalue weighted by Crippen LogP contribution is 2.36. The highest BCUT2D eigenvalue weighted by molar-refractivity contribution is 6.61. The van der Waals surface area contributed by atoms with Gasteiger partial charge in [-0.2, -0.15) is 0 Å². The van der Waals surface area contributed by atoms with E-state index in [4.69, 9.17) is 17.5 Å². The Morgan fingerprint density at radius 1 is 1.33 bits per heavy atom. The largest absolute Gasteiger partial charge is 0.512 e. The van der Waals surface area contributed by atoms with Crippen LogP contribution >= 0.6 is 0 Å². The second-order valence-electron chi connectivity index (χ2n) is 4.67. The number of aromatic nitrogens is 1. The van der Waals surface area contributed by atoms with E-state index in [1.807, 2.05) is 27.7 Å². The average Bonchev–Trinajstić information content (AvgIpc) is 2.63. The molecule has 0 radical (unpaired) electrons. The van der Waals surface area contributed by atoms with Crippen molar-refractivity contribution in [1.82, 2.24) is 4.57 Å². The molecule has 1 saturated heterocycles. The molecule has 0 aromatic carbocycles. The van der Waals surface area contributed by atoms with Gasteiger partial charge in [-0.25, -0.2) is 0 Å². The number of nitrogens with zero attached hydrogens (tertiary/aromatic N) is 1. The summed E-state index contributed by atoms with van der Waals surface area (Å²) in [5.74, 6) is 0. The van der Waals surface area contributed by atoms with Crippen LogP contribution in [-0.4, -0.2) is 22.9 Å². The van der Waals surface area contributed by atoms with Crippen molar-refractivity contribution in [3.05, 3.63) is 18.3 Å². The van der Waals surface area contributed by atoms with E-state index in [0.29, 0.717) is 4.57 Å². The van der Waals surface area contributed by atoms with Crippen molar-refractivity contribution in [3.63, 3.8) is 0 Å². The molecule has 1 aliphatic heterocycles. The molecule has 0 amide bonds. The summed E-state index contributed by atoms with van der Waals surface area (Å²) in [6.45, 7) is 4.56. The average molecular weight is 213 g/mol. The molecule has 15 heavy (non-hydrogen) atoms. The van der Waals surface area contributed by atoms with E-state index in [0.717, 1.165) is 0 Å². The van der Waals surface area contributed by atoms with Crippen molar-refractivity contribution in [2.24, 2.45) is 6.98 Å². The Bertz CT molecular complexity index is 564. The van der Waals surface area contributed by atoms with E-state index in [1.54, 1.807) is 0 Å². The molecule has 0 N–H and O–H groups in total. The Labute approximate surface area is 99.9 Å². The van der Waals surface area contributed by atoms with Gasteiger partial charge in [-0.3, -0.25) is 0 Å². The van der Waals surface area contributed by atoms with Crippen LogP contribution in [0, 0.1) is 0 Å². The molecule has 1 aromatic rings. The lowest BCUT2D eigenvalue weighted by Gasteiger charge is -2.32. The molecule has 0 atom stereocenters. The van der Waals surface area contributed by atoms with Crippen molar-refractivity contribution in [2.45, 2.75) is 38.9 Å². The molecule has 1 aliphatic rings. The molecule has 0 aliphatic carbocycles. The van der Waals surface area contributed by atoms with Gasteiger partial charge in [0.05, 0.1) is 15.3 Å². The minimum Gasteiger partial charge on any atom is -0.398 e. The van der Waals surface area contributed by atoms with Crippen LogP contribution in [0.1, 0.15) is 35.9 Å². The maximum absolute atomic E-state index is 7.92. The third-order valence-corrected chi connectivity index (χ3v) is 3.08. The Morgan fingerprint density at radius 2 is 1.93 bits per heavy atom. The van der Waals surface area contributed by atoms with Crippen LogP contribution < -0.4 is 5.59 Å². The lowest BCUT2D eigenvalue weighted by molar-refractivity contribution is 0.00578. The summed E-state index contributed by atoms with van der Waals surface area (Å²) in [6.07, 6.45) is -0.537. The van der Waals surface area contributed by atoms with Gasteiger partial charge in [-0.15, -0.1) is 0 Å². The zero-order valence-electron chi connectivity index (χ0n) is 15.3. The van der Waals surface area contributed by atoms with E-state index in [1.165, 1.54) is 0 Å². The number of hydrogen-bond donors (Lipinski definition) is 0.